The molecule has 7 heteroatoms. The van der Waals surface area contributed by atoms with Crippen LogP contribution >= 0.6 is 11.6 Å². The molecule has 3 rings (SSSR count). The van der Waals surface area contributed by atoms with E-state index in [0.717, 1.165) is 18.5 Å². The molecule has 0 spiro atoms. The normalized spacial score (nSPS) is 17.8. The Kier molecular flexibility index (Phi) is 4.02. The Morgan fingerprint density at radius 3 is 3.00 bits per heavy atom. The molecule has 1 aromatic heterocycles. The van der Waals surface area contributed by atoms with Gasteiger partial charge in [-0.25, -0.2) is 9.18 Å². The van der Waals surface area contributed by atoms with Crippen LogP contribution in [-0.4, -0.2) is 22.6 Å². The third-order valence-corrected chi connectivity index (χ3v) is 3.96. The van der Waals surface area contributed by atoms with E-state index in [1.165, 1.54) is 18.2 Å². The van der Waals surface area contributed by atoms with Gasteiger partial charge in [0.2, 0.25) is 0 Å². The monoisotopic (exact) mass is 323 g/mol. The first-order valence-corrected chi connectivity index (χ1v) is 7.38. The van der Waals surface area contributed by atoms with Gasteiger partial charge in [-0.2, -0.15) is 0 Å². The van der Waals surface area contributed by atoms with E-state index in [9.17, 15) is 9.18 Å². The summed E-state index contributed by atoms with van der Waals surface area (Å²) in [6.45, 7) is 2.45. The third kappa shape index (κ3) is 2.92. The zero-order chi connectivity index (χ0) is 15.7. The van der Waals surface area contributed by atoms with E-state index in [0.29, 0.717) is 18.0 Å². The number of hydrogen-bond donors (Lipinski definition) is 1. The molecule has 1 atom stereocenters. The second kappa shape index (κ2) is 5.96. The highest BCUT2D eigenvalue weighted by molar-refractivity contribution is 6.31. The molecule has 116 valence electrons. The molecule has 1 N–H and O–H groups in total. The molecule has 0 bridgehead atoms. The summed E-state index contributed by atoms with van der Waals surface area (Å²) in [4.78, 5) is 14.1. The van der Waals surface area contributed by atoms with Crippen LogP contribution in [0, 0.1) is 12.7 Å². The molecular formula is C15H15ClFN3O2. The molecule has 0 unspecified atom stereocenters. The minimum Gasteiger partial charge on any atom is -0.361 e. The number of nitrogens with zero attached hydrogens (tertiary/aromatic N) is 2. The van der Waals surface area contributed by atoms with Gasteiger partial charge < -0.3 is 14.7 Å². The molecule has 5 nitrogen and oxygen atoms in total. The highest BCUT2D eigenvalue weighted by Crippen LogP contribution is 2.32. The summed E-state index contributed by atoms with van der Waals surface area (Å²) in [6.07, 6.45) is 1.73. The van der Waals surface area contributed by atoms with Crippen molar-refractivity contribution in [2.75, 3.05) is 11.9 Å². The Morgan fingerprint density at radius 1 is 1.50 bits per heavy atom. The summed E-state index contributed by atoms with van der Waals surface area (Å²) in [5.74, 6) is 0.198. The van der Waals surface area contributed by atoms with Crippen molar-refractivity contribution in [1.29, 1.82) is 0 Å². The lowest BCUT2D eigenvalue weighted by atomic mass is 10.1. The SMILES string of the molecule is Cc1cc([C@@H]2CCCN2C(=O)Nc2ccc(F)c(Cl)c2)no1. The Labute approximate surface area is 132 Å². The third-order valence-electron chi connectivity index (χ3n) is 3.67. The molecule has 2 aromatic rings. The van der Waals surface area contributed by atoms with E-state index in [2.05, 4.69) is 10.5 Å². The number of nitrogens with one attached hydrogen (secondary N) is 1. The molecular weight excluding hydrogens is 309 g/mol. The van der Waals surface area contributed by atoms with Crippen LogP contribution in [0.4, 0.5) is 14.9 Å². The maximum atomic E-state index is 13.1. The van der Waals surface area contributed by atoms with Crippen LogP contribution in [0.1, 0.15) is 30.3 Å². The average molecular weight is 324 g/mol. The van der Waals surface area contributed by atoms with Gasteiger partial charge in [-0.1, -0.05) is 16.8 Å². The van der Waals surface area contributed by atoms with Crippen LogP contribution in [-0.2, 0) is 0 Å². The number of anilines is 1. The fourth-order valence-corrected chi connectivity index (χ4v) is 2.81. The van der Waals surface area contributed by atoms with E-state index in [-0.39, 0.29) is 17.1 Å². The summed E-state index contributed by atoms with van der Waals surface area (Å²) in [5, 5.41) is 6.71. The average Bonchev–Trinajstić information content (AvgIpc) is 3.11. The number of amides is 2. The molecule has 1 saturated heterocycles. The molecule has 0 radical (unpaired) electrons. The zero-order valence-electron chi connectivity index (χ0n) is 12.0. The van der Waals surface area contributed by atoms with Gasteiger partial charge in [0.1, 0.15) is 17.3 Å². The number of hydrogen-bond acceptors (Lipinski definition) is 3. The molecule has 2 heterocycles. The molecule has 2 amide bonds. The quantitative estimate of drug-likeness (QED) is 0.903. The predicted octanol–water partition coefficient (Wildman–Crippen LogP) is 4.14. The van der Waals surface area contributed by atoms with Gasteiger partial charge in [0.05, 0.1) is 11.1 Å². The first-order valence-electron chi connectivity index (χ1n) is 7.00. The van der Waals surface area contributed by atoms with Gasteiger partial charge in [-0.15, -0.1) is 0 Å². The number of aryl methyl sites for hydroxylation is 1. The largest absolute Gasteiger partial charge is 0.361 e. The number of urea groups is 1. The number of aromatic nitrogens is 1. The Bertz CT molecular complexity index is 704. The van der Waals surface area contributed by atoms with Crippen molar-refractivity contribution in [3.05, 3.63) is 46.6 Å². The van der Waals surface area contributed by atoms with Crippen molar-refractivity contribution in [3.8, 4) is 0 Å². The van der Waals surface area contributed by atoms with Crippen molar-refractivity contribution in [2.24, 2.45) is 0 Å². The van der Waals surface area contributed by atoms with Crippen LogP contribution in [0.25, 0.3) is 0 Å². The van der Waals surface area contributed by atoms with Crippen LogP contribution in [0.15, 0.2) is 28.8 Å². The molecule has 1 aliphatic heterocycles. The van der Waals surface area contributed by atoms with E-state index < -0.39 is 5.82 Å². The van der Waals surface area contributed by atoms with Crippen molar-refractivity contribution >= 4 is 23.3 Å². The number of rotatable bonds is 2. The Morgan fingerprint density at radius 2 is 2.32 bits per heavy atom. The van der Waals surface area contributed by atoms with Crippen molar-refractivity contribution < 1.29 is 13.7 Å². The summed E-state index contributed by atoms with van der Waals surface area (Å²) >= 11 is 5.72. The molecule has 0 saturated carbocycles. The summed E-state index contributed by atoms with van der Waals surface area (Å²) < 4.78 is 18.2. The van der Waals surface area contributed by atoms with Crippen LogP contribution in [0.5, 0.6) is 0 Å². The van der Waals surface area contributed by atoms with Crippen LogP contribution < -0.4 is 5.32 Å². The maximum Gasteiger partial charge on any atom is 0.322 e. The van der Waals surface area contributed by atoms with Gasteiger partial charge in [-0.3, -0.25) is 0 Å². The summed E-state index contributed by atoms with van der Waals surface area (Å²) in [6, 6.07) is 5.56. The molecule has 1 aliphatic rings. The smallest absolute Gasteiger partial charge is 0.322 e. The Hall–Kier alpha value is -2.08. The molecule has 1 aromatic carbocycles. The number of carbonyl (C=O) groups excluding carboxylic acids is 1. The van der Waals surface area contributed by atoms with Gasteiger partial charge in [0.15, 0.2) is 0 Å². The van der Waals surface area contributed by atoms with Crippen molar-refractivity contribution in [3.63, 3.8) is 0 Å². The van der Waals surface area contributed by atoms with Crippen molar-refractivity contribution in [2.45, 2.75) is 25.8 Å². The highest BCUT2D eigenvalue weighted by Gasteiger charge is 2.32. The van der Waals surface area contributed by atoms with Gasteiger partial charge in [0, 0.05) is 18.3 Å². The first-order chi connectivity index (χ1) is 10.5. The predicted molar refractivity (Wildman–Crippen MR) is 80.3 cm³/mol. The molecule has 0 aliphatic carbocycles. The minimum atomic E-state index is -0.517. The number of benzene rings is 1. The van der Waals surface area contributed by atoms with Crippen molar-refractivity contribution in [1.82, 2.24) is 10.1 Å². The first kappa shape index (κ1) is 14.8. The lowest BCUT2D eigenvalue weighted by Crippen LogP contribution is -2.34. The van der Waals surface area contributed by atoms with E-state index in [1.807, 2.05) is 13.0 Å². The second-order valence-electron chi connectivity index (χ2n) is 5.27. The lowest BCUT2D eigenvalue weighted by molar-refractivity contribution is 0.204. The summed E-state index contributed by atoms with van der Waals surface area (Å²) in [5.41, 5.74) is 1.21. The molecule has 1 fully saturated rings. The fraction of sp³-hybridized carbons (Fsp3) is 0.333. The topological polar surface area (TPSA) is 58.4 Å². The van der Waals surface area contributed by atoms with Crippen LogP contribution in [0.3, 0.4) is 0 Å². The number of likely N-dealkylation sites (tertiary alicyclic amines) is 1. The van der Waals surface area contributed by atoms with Gasteiger partial charge in [0.25, 0.3) is 0 Å². The van der Waals surface area contributed by atoms with E-state index in [4.69, 9.17) is 16.1 Å². The maximum absolute atomic E-state index is 13.1. The van der Waals surface area contributed by atoms with Gasteiger partial charge in [-0.05, 0) is 38.0 Å². The Balaban J connectivity index is 1.74. The van der Waals surface area contributed by atoms with Gasteiger partial charge >= 0.3 is 6.03 Å². The second-order valence-corrected chi connectivity index (χ2v) is 5.68. The fourth-order valence-electron chi connectivity index (χ4n) is 2.63. The minimum absolute atomic E-state index is 0.0251. The lowest BCUT2D eigenvalue weighted by Gasteiger charge is -2.23. The molecule has 22 heavy (non-hydrogen) atoms. The zero-order valence-corrected chi connectivity index (χ0v) is 12.7. The van der Waals surface area contributed by atoms with Crippen LogP contribution in [0.2, 0.25) is 5.02 Å². The standard InChI is InChI=1S/C15H15ClFN3O2/c1-9-7-13(19-22-9)14-3-2-6-20(14)15(21)18-10-4-5-12(17)11(16)8-10/h4-5,7-8,14H,2-3,6H2,1H3,(H,18,21)/t14-/m0/s1. The number of halogens is 2. The van der Waals surface area contributed by atoms with E-state index >= 15 is 0 Å². The number of carbonyl (C=O) groups is 1. The summed E-state index contributed by atoms with van der Waals surface area (Å²) in [7, 11) is 0. The highest BCUT2D eigenvalue weighted by atomic mass is 35.5. The van der Waals surface area contributed by atoms with E-state index in [1.54, 1.807) is 4.90 Å².